The smallest absolute Gasteiger partial charge is 0.272 e. The van der Waals surface area contributed by atoms with Crippen LogP contribution >= 0.6 is 11.3 Å². The molecular formula is C26H26N4O2S. The lowest BCUT2D eigenvalue weighted by atomic mass is 10.2. The Morgan fingerprint density at radius 1 is 0.970 bits per heavy atom. The molecule has 0 bridgehead atoms. The molecule has 3 heterocycles. The number of nitrogens with zero attached hydrogens (tertiary/aromatic N) is 4. The molecule has 6 nitrogen and oxygen atoms in total. The first-order valence-corrected chi connectivity index (χ1v) is 11.9. The minimum absolute atomic E-state index is 0.00515. The van der Waals surface area contributed by atoms with Crippen molar-refractivity contribution in [3.8, 4) is 22.0 Å². The Labute approximate surface area is 197 Å². The van der Waals surface area contributed by atoms with E-state index >= 15 is 0 Å². The summed E-state index contributed by atoms with van der Waals surface area (Å²) in [5.41, 5.74) is 4.54. The predicted octanol–water partition coefficient (Wildman–Crippen LogP) is 4.88. The maximum atomic E-state index is 13.6. The van der Waals surface area contributed by atoms with Crippen molar-refractivity contribution in [2.75, 3.05) is 38.2 Å². The maximum absolute atomic E-state index is 13.6. The quantitative estimate of drug-likeness (QED) is 0.428. The molecule has 2 aromatic heterocycles. The van der Waals surface area contributed by atoms with Gasteiger partial charge in [0.05, 0.1) is 23.4 Å². The minimum atomic E-state index is 0.00515. The average Bonchev–Trinajstić information content (AvgIpc) is 3.55. The van der Waals surface area contributed by atoms with E-state index in [0.29, 0.717) is 18.8 Å². The first-order valence-electron chi connectivity index (χ1n) is 11.0. The molecule has 1 aliphatic rings. The van der Waals surface area contributed by atoms with Gasteiger partial charge >= 0.3 is 0 Å². The van der Waals surface area contributed by atoms with E-state index in [1.807, 2.05) is 70.9 Å². The second-order valence-electron chi connectivity index (χ2n) is 8.09. The molecular weight excluding hydrogens is 432 g/mol. The molecule has 0 N–H and O–H groups in total. The molecule has 33 heavy (non-hydrogen) atoms. The third-order valence-electron chi connectivity index (χ3n) is 5.97. The fraction of sp³-hybridized carbons (Fsp3) is 0.231. The summed E-state index contributed by atoms with van der Waals surface area (Å²) in [6.45, 7) is 4.84. The number of thiophene rings is 1. The molecule has 0 aliphatic carbocycles. The summed E-state index contributed by atoms with van der Waals surface area (Å²) in [6.07, 6.45) is 0. The van der Waals surface area contributed by atoms with Gasteiger partial charge in [-0.1, -0.05) is 35.9 Å². The number of rotatable bonds is 5. The lowest BCUT2D eigenvalue weighted by Gasteiger charge is -2.36. The Kier molecular flexibility index (Phi) is 5.88. The summed E-state index contributed by atoms with van der Waals surface area (Å²) in [6, 6.07) is 22.1. The molecule has 5 rings (SSSR count). The van der Waals surface area contributed by atoms with Crippen LogP contribution in [0.5, 0.6) is 5.75 Å². The summed E-state index contributed by atoms with van der Waals surface area (Å²) < 4.78 is 7.30. The van der Waals surface area contributed by atoms with Crippen molar-refractivity contribution in [3.05, 3.63) is 83.4 Å². The summed E-state index contributed by atoms with van der Waals surface area (Å²) >= 11 is 1.63. The van der Waals surface area contributed by atoms with Crippen molar-refractivity contribution in [2.45, 2.75) is 6.92 Å². The number of aromatic nitrogens is 2. The number of anilines is 1. The van der Waals surface area contributed by atoms with Crippen LogP contribution < -0.4 is 9.64 Å². The molecule has 0 atom stereocenters. The molecule has 4 aromatic rings. The number of amides is 1. The lowest BCUT2D eigenvalue weighted by Crippen LogP contribution is -2.49. The van der Waals surface area contributed by atoms with E-state index in [0.717, 1.165) is 40.8 Å². The second kappa shape index (κ2) is 9.11. The van der Waals surface area contributed by atoms with Crippen molar-refractivity contribution in [2.24, 2.45) is 0 Å². The Hall–Kier alpha value is -3.58. The van der Waals surface area contributed by atoms with E-state index in [9.17, 15) is 4.79 Å². The molecule has 168 valence electrons. The summed E-state index contributed by atoms with van der Waals surface area (Å²) in [4.78, 5) is 18.9. The van der Waals surface area contributed by atoms with Crippen LogP contribution in [0.15, 0.2) is 72.1 Å². The molecule has 1 saturated heterocycles. The van der Waals surface area contributed by atoms with Gasteiger partial charge in [-0.05, 0) is 48.7 Å². The molecule has 0 radical (unpaired) electrons. The van der Waals surface area contributed by atoms with E-state index in [-0.39, 0.29) is 5.91 Å². The predicted molar refractivity (Wildman–Crippen MR) is 133 cm³/mol. The molecule has 0 unspecified atom stereocenters. The van der Waals surface area contributed by atoms with Crippen molar-refractivity contribution in [1.82, 2.24) is 14.7 Å². The van der Waals surface area contributed by atoms with Crippen LogP contribution in [0.1, 0.15) is 16.1 Å². The van der Waals surface area contributed by atoms with Crippen LogP contribution in [0.4, 0.5) is 5.69 Å². The molecule has 1 aliphatic heterocycles. The summed E-state index contributed by atoms with van der Waals surface area (Å²) in [5, 5.41) is 6.83. The molecule has 7 heteroatoms. The van der Waals surface area contributed by atoms with Crippen molar-refractivity contribution in [3.63, 3.8) is 0 Å². The Balaban J connectivity index is 1.41. The van der Waals surface area contributed by atoms with E-state index in [1.165, 1.54) is 5.56 Å². The fourth-order valence-electron chi connectivity index (χ4n) is 4.16. The number of para-hydroxylation sites is 2. The molecule has 2 aromatic carbocycles. The SMILES string of the molecule is COc1ccccc1N1CCN(C(=O)c2cc(-c3cccs3)nn2-c2ccc(C)cc2)CC1. The average molecular weight is 459 g/mol. The van der Waals surface area contributed by atoms with Crippen molar-refractivity contribution in [1.29, 1.82) is 0 Å². The normalized spacial score (nSPS) is 13.9. The van der Waals surface area contributed by atoms with Gasteiger partial charge in [-0.25, -0.2) is 4.68 Å². The Bertz CT molecular complexity index is 1240. The third kappa shape index (κ3) is 4.24. The first kappa shape index (κ1) is 21.3. The molecule has 1 fully saturated rings. The van der Waals surface area contributed by atoms with E-state index in [2.05, 4.69) is 17.9 Å². The van der Waals surface area contributed by atoms with Gasteiger partial charge in [-0.2, -0.15) is 5.10 Å². The van der Waals surface area contributed by atoms with E-state index in [1.54, 1.807) is 23.1 Å². The number of hydrogen-bond donors (Lipinski definition) is 0. The fourth-order valence-corrected chi connectivity index (χ4v) is 4.85. The van der Waals surface area contributed by atoms with Crippen LogP contribution in [0.25, 0.3) is 16.3 Å². The maximum Gasteiger partial charge on any atom is 0.272 e. The van der Waals surface area contributed by atoms with Crippen LogP contribution in [0.3, 0.4) is 0 Å². The highest BCUT2D eigenvalue weighted by Gasteiger charge is 2.27. The van der Waals surface area contributed by atoms with Gasteiger partial charge in [-0.3, -0.25) is 4.79 Å². The van der Waals surface area contributed by atoms with Gasteiger partial charge in [0.25, 0.3) is 5.91 Å². The van der Waals surface area contributed by atoms with E-state index < -0.39 is 0 Å². The van der Waals surface area contributed by atoms with Crippen LogP contribution in [-0.4, -0.2) is 53.9 Å². The van der Waals surface area contributed by atoms with E-state index in [4.69, 9.17) is 9.84 Å². The van der Waals surface area contributed by atoms with Crippen molar-refractivity contribution >= 4 is 22.9 Å². The number of methoxy groups -OCH3 is 1. The highest BCUT2D eigenvalue weighted by molar-refractivity contribution is 7.13. The van der Waals surface area contributed by atoms with Gasteiger partial charge in [0.1, 0.15) is 17.1 Å². The van der Waals surface area contributed by atoms with Gasteiger partial charge in [0.2, 0.25) is 0 Å². The standard InChI is InChI=1S/C26H26N4O2S/c1-19-9-11-20(12-10-19)30-23(18-21(27-30)25-8-5-17-33-25)26(31)29-15-13-28(14-16-29)22-6-3-4-7-24(22)32-2/h3-12,17-18H,13-16H2,1-2H3. The zero-order valence-corrected chi connectivity index (χ0v) is 19.6. The lowest BCUT2D eigenvalue weighted by molar-refractivity contribution is 0.0737. The molecule has 0 saturated carbocycles. The number of hydrogen-bond acceptors (Lipinski definition) is 5. The minimum Gasteiger partial charge on any atom is -0.495 e. The van der Waals surface area contributed by atoms with Crippen LogP contribution in [0, 0.1) is 6.92 Å². The number of ether oxygens (including phenoxy) is 1. The number of benzene rings is 2. The zero-order chi connectivity index (χ0) is 22.8. The number of carbonyl (C=O) groups excluding carboxylic acids is 1. The Morgan fingerprint density at radius 3 is 2.42 bits per heavy atom. The highest BCUT2D eigenvalue weighted by atomic mass is 32.1. The molecule has 0 spiro atoms. The van der Waals surface area contributed by atoms with Crippen LogP contribution in [0.2, 0.25) is 0 Å². The number of piperazine rings is 1. The highest BCUT2D eigenvalue weighted by Crippen LogP contribution is 2.30. The van der Waals surface area contributed by atoms with Gasteiger partial charge in [0.15, 0.2) is 0 Å². The monoisotopic (exact) mass is 458 g/mol. The zero-order valence-electron chi connectivity index (χ0n) is 18.8. The van der Waals surface area contributed by atoms with Crippen LogP contribution in [-0.2, 0) is 0 Å². The summed E-state index contributed by atoms with van der Waals surface area (Å²) in [5.74, 6) is 0.862. The Morgan fingerprint density at radius 2 is 1.73 bits per heavy atom. The summed E-state index contributed by atoms with van der Waals surface area (Å²) in [7, 11) is 1.69. The van der Waals surface area contributed by atoms with Gasteiger partial charge < -0.3 is 14.5 Å². The second-order valence-corrected chi connectivity index (χ2v) is 9.04. The largest absolute Gasteiger partial charge is 0.495 e. The number of carbonyl (C=O) groups is 1. The number of aryl methyl sites for hydroxylation is 1. The molecule has 1 amide bonds. The van der Waals surface area contributed by atoms with Gasteiger partial charge in [-0.15, -0.1) is 11.3 Å². The first-order chi connectivity index (χ1) is 16.1. The third-order valence-corrected chi connectivity index (χ3v) is 6.87. The topological polar surface area (TPSA) is 50.6 Å². The van der Waals surface area contributed by atoms with Crippen molar-refractivity contribution < 1.29 is 9.53 Å². The van der Waals surface area contributed by atoms with Gasteiger partial charge in [0, 0.05) is 26.2 Å².